The third-order valence-corrected chi connectivity index (χ3v) is 5.49. The molecular weight excluding hydrogens is 246 g/mol. The van der Waals surface area contributed by atoms with E-state index in [9.17, 15) is 0 Å². The SMILES string of the molecule is CCCNC1C(CN2CCN(CC)CC2)CCC1(C)C. The zero-order valence-corrected chi connectivity index (χ0v) is 14.1. The molecule has 118 valence electrons. The molecule has 2 fully saturated rings. The van der Waals surface area contributed by atoms with Crippen molar-refractivity contribution in [1.29, 1.82) is 0 Å². The molecular formula is C17H35N3. The van der Waals surface area contributed by atoms with Gasteiger partial charge in [0, 0.05) is 38.8 Å². The Morgan fingerprint density at radius 3 is 2.30 bits per heavy atom. The van der Waals surface area contributed by atoms with Crippen LogP contribution in [0.25, 0.3) is 0 Å². The van der Waals surface area contributed by atoms with E-state index in [2.05, 4.69) is 42.8 Å². The third kappa shape index (κ3) is 3.96. The van der Waals surface area contributed by atoms with E-state index in [0.29, 0.717) is 11.5 Å². The smallest absolute Gasteiger partial charge is 0.0159 e. The van der Waals surface area contributed by atoms with Gasteiger partial charge in [0.25, 0.3) is 0 Å². The molecule has 0 bridgehead atoms. The Morgan fingerprint density at radius 1 is 1.05 bits per heavy atom. The fourth-order valence-electron chi connectivity index (χ4n) is 4.08. The van der Waals surface area contributed by atoms with Crippen LogP contribution in [-0.2, 0) is 0 Å². The first-order chi connectivity index (χ1) is 9.56. The predicted octanol–water partition coefficient (Wildman–Crippen LogP) is 2.43. The predicted molar refractivity (Wildman–Crippen MR) is 87.1 cm³/mol. The molecule has 2 aliphatic rings. The normalized spacial score (nSPS) is 31.8. The summed E-state index contributed by atoms with van der Waals surface area (Å²) < 4.78 is 0. The first kappa shape index (κ1) is 16.3. The Morgan fingerprint density at radius 2 is 1.70 bits per heavy atom. The highest BCUT2D eigenvalue weighted by atomic mass is 15.3. The van der Waals surface area contributed by atoms with Gasteiger partial charge in [-0.25, -0.2) is 0 Å². The van der Waals surface area contributed by atoms with Gasteiger partial charge in [0.05, 0.1) is 0 Å². The lowest BCUT2D eigenvalue weighted by Crippen LogP contribution is -2.50. The Hall–Kier alpha value is -0.120. The van der Waals surface area contributed by atoms with Gasteiger partial charge in [-0.1, -0.05) is 27.7 Å². The molecule has 0 aromatic rings. The minimum absolute atomic E-state index is 0.477. The number of nitrogens with one attached hydrogen (secondary N) is 1. The molecule has 1 aliphatic heterocycles. The summed E-state index contributed by atoms with van der Waals surface area (Å²) in [5.74, 6) is 0.852. The summed E-state index contributed by atoms with van der Waals surface area (Å²) in [5, 5.41) is 3.84. The topological polar surface area (TPSA) is 18.5 Å². The van der Waals surface area contributed by atoms with Crippen molar-refractivity contribution in [1.82, 2.24) is 15.1 Å². The molecule has 3 heteroatoms. The summed E-state index contributed by atoms with van der Waals surface area (Å²) in [5.41, 5.74) is 0.477. The molecule has 0 radical (unpaired) electrons. The van der Waals surface area contributed by atoms with E-state index in [0.717, 1.165) is 5.92 Å². The van der Waals surface area contributed by atoms with Gasteiger partial charge in [-0.15, -0.1) is 0 Å². The van der Waals surface area contributed by atoms with Crippen LogP contribution in [0.2, 0.25) is 0 Å². The van der Waals surface area contributed by atoms with Crippen molar-refractivity contribution in [3.8, 4) is 0 Å². The quantitative estimate of drug-likeness (QED) is 0.807. The van der Waals surface area contributed by atoms with Gasteiger partial charge in [-0.3, -0.25) is 0 Å². The van der Waals surface area contributed by atoms with Gasteiger partial charge in [-0.05, 0) is 43.7 Å². The van der Waals surface area contributed by atoms with Crippen molar-refractivity contribution in [2.75, 3.05) is 45.8 Å². The average Bonchev–Trinajstić information content (AvgIpc) is 2.72. The van der Waals surface area contributed by atoms with Crippen molar-refractivity contribution >= 4 is 0 Å². The number of hydrogen-bond acceptors (Lipinski definition) is 3. The number of likely N-dealkylation sites (N-methyl/N-ethyl adjacent to an activating group) is 1. The largest absolute Gasteiger partial charge is 0.313 e. The van der Waals surface area contributed by atoms with Crippen LogP contribution in [0.5, 0.6) is 0 Å². The van der Waals surface area contributed by atoms with Crippen molar-refractivity contribution in [2.45, 2.75) is 53.0 Å². The van der Waals surface area contributed by atoms with Gasteiger partial charge in [-0.2, -0.15) is 0 Å². The van der Waals surface area contributed by atoms with Gasteiger partial charge in [0.2, 0.25) is 0 Å². The molecule has 1 saturated carbocycles. The Labute approximate surface area is 126 Å². The summed E-state index contributed by atoms with van der Waals surface area (Å²) in [4.78, 5) is 5.28. The van der Waals surface area contributed by atoms with Crippen LogP contribution < -0.4 is 5.32 Å². The van der Waals surface area contributed by atoms with Gasteiger partial charge >= 0.3 is 0 Å². The van der Waals surface area contributed by atoms with Crippen LogP contribution in [0.1, 0.15) is 47.0 Å². The van der Waals surface area contributed by atoms with Crippen molar-refractivity contribution < 1.29 is 0 Å². The van der Waals surface area contributed by atoms with Crippen LogP contribution in [0.15, 0.2) is 0 Å². The standard InChI is InChI=1S/C17H35N3/c1-5-9-18-16-15(7-8-17(16,3)4)14-20-12-10-19(6-2)11-13-20/h15-16,18H,5-14H2,1-4H3. The summed E-state index contributed by atoms with van der Waals surface area (Å²) in [6.07, 6.45) is 4.03. The Bertz CT molecular complexity index is 282. The zero-order valence-electron chi connectivity index (χ0n) is 14.1. The number of nitrogens with zero attached hydrogens (tertiary/aromatic N) is 2. The van der Waals surface area contributed by atoms with Gasteiger partial charge in [0.15, 0.2) is 0 Å². The molecule has 1 aliphatic carbocycles. The third-order valence-electron chi connectivity index (χ3n) is 5.49. The highest BCUT2D eigenvalue weighted by Gasteiger charge is 2.41. The van der Waals surface area contributed by atoms with E-state index in [-0.39, 0.29) is 0 Å². The molecule has 1 N–H and O–H groups in total. The van der Waals surface area contributed by atoms with E-state index in [1.54, 1.807) is 0 Å². The lowest BCUT2D eigenvalue weighted by atomic mass is 9.84. The Balaban J connectivity index is 1.85. The first-order valence-corrected chi connectivity index (χ1v) is 8.75. The number of rotatable bonds is 6. The molecule has 0 aromatic carbocycles. The van der Waals surface area contributed by atoms with E-state index < -0.39 is 0 Å². The minimum Gasteiger partial charge on any atom is -0.313 e. The first-order valence-electron chi connectivity index (χ1n) is 8.75. The molecule has 0 aromatic heterocycles. The van der Waals surface area contributed by atoms with Crippen LogP contribution in [-0.4, -0.2) is 61.7 Å². The van der Waals surface area contributed by atoms with E-state index in [4.69, 9.17) is 0 Å². The molecule has 2 rings (SSSR count). The lowest BCUT2D eigenvalue weighted by molar-refractivity contribution is 0.111. The van der Waals surface area contributed by atoms with Crippen LogP contribution >= 0.6 is 0 Å². The monoisotopic (exact) mass is 281 g/mol. The molecule has 0 amide bonds. The number of hydrogen-bond donors (Lipinski definition) is 1. The molecule has 20 heavy (non-hydrogen) atoms. The molecule has 1 saturated heterocycles. The van der Waals surface area contributed by atoms with E-state index in [1.807, 2.05) is 0 Å². The summed E-state index contributed by atoms with van der Waals surface area (Å²) in [6.45, 7) is 18.2. The van der Waals surface area contributed by atoms with E-state index >= 15 is 0 Å². The van der Waals surface area contributed by atoms with Crippen molar-refractivity contribution in [3.63, 3.8) is 0 Å². The maximum absolute atomic E-state index is 3.84. The number of piperazine rings is 1. The zero-order chi connectivity index (χ0) is 14.6. The van der Waals surface area contributed by atoms with Crippen LogP contribution in [0.4, 0.5) is 0 Å². The van der Waals surface area contributed by atoms with Crippen molar-refractivity contribution in [3.05, 3.63) is 0 Å². The summed E-state index contributed by atoms with van der Waals surface area (Å²) in [7, 11) is 0. The molecule has 2 unspecified atom stereocenters. The minimum atomic E-state index is 0.477. The molecule has 3 nitrogen and oxygen atoms in total. The van der Waals surface area contributed by atoms with Crippen LogP contribution in [0.3, 0.4) is 0 Å². The Kier molecular flexibility index (Phi) is 5.88. The van der Waals surface area contributed by atoms with Gasteiger partial charge < -0.3 is 15.1 Å². The maximum Gasteiger partial charge on any atom is 0.0159 e. The lowest BCUT2D eigenvalue weighted by Gasteiger charge is -2.38. The maximum atomic E-state index is 3.84. The average molecular weight is 281 g/mol. The summed E-state index contributed by atoms with van der Waals surface area (Å²) in [6, 6.07) is 0.714. The fourth-order valence-corrected chi connectivity index (χ4v) is 4.08. The fraction of sp³-hybridized carbons (Fsp3) is 1.00. The molecule has 2 atom stereocenters. The second-order valence-corrected chi connectivity index (χ2v) is 7.45. The van der Waals surface area contributed by atoms with E-state index in [1.165, 1.54) is 65.1 Å². The highest BCUT2D eigenvalue weighted by molar-refractivity contribution is 4.97. The van der Waals surface area contributed by atoms with Crippen LogP contribution in [0, 0.1) is 11.3 Å². The highest BCUT2D eigenvalue weighted by Crippen LogP contribution is 2.41. The second-order valence-electron chi connectivity index (χ2n) is 7.45. The van der Waals surface area contributed by atoms with Gasteiger partial charge in [0.1, 0.15) is 0 Å². The van der Waals surface area contributed by atoms with Crippen molar-refractivity contribution in [2.24, 2.45) is 11.3 Å². The second kappa shape index (κ2) is 7.24. The molecule has 0 spiro atoms. The molecule has 1 heterocycles. The summed E-state index contributed by atoms with van der Waals surface area (Å²) >= 11 is 0.